The summed E-state index contributed by atoms with van der Waals surface area (Å²) in [7, 11) is 0. The van der Waals surface area contributed by atoms with Gasteiger partial charge in [0.1, 0.15) is 5.75 Å². The van der Waals surface area contributed by atoms with E-state index in [1.165, 1.54) is 12.8 Å². The zero-order chi connectivity index (χ0) is 10.7. The highest BCUT2D eigenvalue weighted by atomic mass is 16.3. The van der Waals surface area contributed by atoms with Crippen LogP contribution in [0.4, 0.5) is 5.69 Å². The van der Waals surface area contributed by atoms with Crippen LogP contribution >= 0.6 is 0 Å². The summed E-state index contributed by atoms with van der Waals surface area (Å²) in [6.07, 6.45) is 2.35. The summed E-state index contributed by atoms with van der Waals surface area (Å²) in [5, 5.41) is 14.9. The van der Waals surface area contributed by atoms with Crippen LogP contribution in [0.1, 0.15) is 12.8 Å². The normalized spacial score (nSPS) is 14.9. The van der Waals surface area contributed by atoms with E-state index in [0.717, 1.165) is 0 Å². The van der Waals surface area contributed by atoms with E-state index in [1.54, 1.807) is 24.3 Å². The number of amides is 1. The molecule has 0 aliphatic heterocycles. The minimum atomic E-state index is -0.0485. The van der Waals surface area contributed by atoms with Crippen molar-refractivity contribution in [2.24, 2.45) is 0 Å². The summed E-state index contributed by atoms with van der Waals surface area (Å²) in [5.74, 6) is 0.150. The fraction of sp³-hybridized carbons (Fsp3) is 0.364. The van der Waals surface area contributed by atoms with Crippen molar-refractivity contribution in [1.29, 1.82) is 0 Å². The van der Waals surface area contributed by atoms with Gasteiger partial charge in [-0.05, 0) is 37.1 Å². The van der Waals surface area contributed by atoms with Crippen LogP contribution < -0.4 is 10.6 Å². The van der Waals surface area contributed by atoms with Crippen molar-refractivity contribution >= 4 is 11.6 Å². The minimum Gasteiger partial charge on any atom is -0.508 e. The third kappa shape index (κ3) is 3.25. The first-order chi connectivity index (χ1) is 7.24. The first-order valence-corrected chi connectivity index (χ1v) is 5.06. The van der Waals surface area contributed by atoms with Gasteiger partial charge in [0.2, 0.25) is 5.91 Å². The summed E-state index contributed by atoms with van der Waals surface area (Å²) in [6, 6.07) is 6.97. The molecule has 0 heterocycles. The molecule has 0 radical (unpaired) electrons. The quantitative estimate of drug-likeness (QED) is 0.646. The Bertz CT molecular complexity index is 344. The van der Waals surface area contributed by atoms with Gasteiger partial charge in [-0.1, -0.05) is 0 Å². The molecule has 1 aliphatic rings. The summed E-state index contributed by atoms with van der Waals surface area (Å²) >= 11 is 0. The third-order valence-corrected chi connectivity index (χ3v) is 2.28. The Morgan fingerprint density at radius 2 is 2.00 bits per heavy atom. The van der Waals surface area contributed by atoms with Gasteiger partial charge in [0.15, 0.2) is 0 Å². The van der Waals surface area contributed by atoms with Gasteiger partial charge >= 0.3 is 0 Å². The minimum absolute atomic E-state index is 0.0485. The zero-order valence-corrected chi connectivity index (χ0v) is 8.36. The Balaban J connectivity index is 1.79. The van der Waals surface area contributed by atoms with Crippen LogP contribution in [0, 0.1) is 0 Å². The molecule has 0 bridgehead atoms. The van der Waals surface area contributed by atoms with Gasteiger partial charge in [-0.25, -0.2) is 0 Å². The molecule has 2 rings (SSSR count). The van der Waals surface area contributed by atoms with Gasteiger partial charge in [0, 0.05) is 11.7 Å². The summed E-state index contributed by atoms with van der Waals surface area (Å²) in [6.45, 7) is 0.353. The van der Waals surface area contributed by atoms with Crippen LogP contribution in [0.2, 0.25) is 0 Å². The molecule has 0 unspecified atom stereocenters. The number of carbonyl (C=O) groups excluding carboxylic acids is 1. The number of aromatic hydroxyl groups is 1. The average molecular weight is 206 g/mol. The maximum absolute atomic E-state index is 11.4. The molecule has 0 saturated heterocycles. The lowest BCUT2D eigenvalue weighted by Gasteiger charge is -2.05. The molecule has 1 fully saturated rings. The average Bonchev–Trinajstić information content (AvgIpc) is 3.02. The van der Waals surface area contributed by atoms with Crippen molar-refractivity contribution in [3.05, 3.63) is 24.3 Å². The van der Waals surface area contributed by atoms with E-state index >= 15 is 0 Å². The van der Waals surface area contributed by atoms with E-state index in [-0.39, 0.29) is 11.7 Å². The van der Waals surface area contributed by atoms with Gasteiger partial charge in [-0.3, -0.25) is 4.79 Å². The molecular formula is C11H14N2O2. The molecule has 0 spiro atoms. The maximum Gasteiger partial charge on any atom is 0.238 e. The molecule has 1 aromatic carbocycles. The smallest absolute Gasteiger partial charge is 0.238 e. The van der Waals surface area contributed by atoms with Crippen molar-refractivity contribution in [3.8, 4) is 5.75 Å². The van der Waals surface area contributed by atoms with Crippen LogP contribution in [0.25, 0.3) is 0 Å². The largest absolute Gasteiger partial charge is 0.508 e. The molecule has 1 saturated carbocycles. The lowest BCUT2D eigenvalue weighted by atomic mass is 10.3. The Morgan fingerprint density at radius 1 is 1.33 bits per heavy atom. The van der Waals surface area contributed by atoms with Crippen LogP contribution in [-0.2, 0) is 4.79 Å². The molecule has 4 heteroatoms. The molecule has 0 aromatic heterocycles. The molecule has 15 heavy (non-hydrogen) atoms. The standard InChI is InChI=1S/C11H14N2O2/c14-10-5-3-9(4-6-10)13-11(15)7-12-8-1-2-8/h3-6,8,12,14H,1-2,7H2,(H,13,15). The fourth-order valence-electron chi connectivity index (χ4n) is 1.27. The first-order valence-electron chi connectivity index (χ1n) is 5.06. The summed E-state index contributed by atoms with van der Waals surface area (Å²) < 4.78 is 0. The van der Waals surface area contributed by atoms with Gasteiger partial charge in [-0.2, -0.15) is 0 Å². The van der Waals surface area contributed by atoms with Crippen molar-refractivity contribution in [1.82, 2.24) is 5.32 Å². The SMILES string of the molecule is O=C(CNC1CC1)Nc1ccc(O)cc1. The van der Waals surface area contributed by atoms with E-state index in [4.69, 9.17) is 5.11 Å². The highest BCUT2D eigenvalue weighted by Gasteiger charge is 2.20. The number of rotatable bonds is 4. The predicted molar refractivity (Wildman–Crippen MR) is 57.8 cm³/mol. The third-order valence-electron chi connectivity index (χ3n) is 2.28. The lowest BCUT2D eigenvalue weighted by molar-refractivity contribution is -0.115. The van der Waals surface area contributed by atoms with Crippen molar-refractivity contribution in [3.63, 3.8) is 0 Å². The van der Waals surface area contributed by atoms with Crippen molar-refractivity contribution in [2.75, 3.05) is 11.9 Å². The molecule has 1 amide bonds. The Kier molecular flexibility index (Phi) is 2.87. The molecule has 0 atom stereocenters. The molecule has 80 valence electrons. The topological polar surface area (TPSA) is 61.4 Å². The molecule has 4 nitrogen and oxygen atoms in total. The van der Waals surface area contributed by atoms with Crippen LogP contribution in [0.15, 0.2) is 24.3 Å². The summed E-state index contributed by atoms with van der Waals surface area (Å²) in [4.78, 5) is 11.4. The zero-order valence-electron chi connectivity index (χ0n) is 8.36. The number of hydrogen-bond donors (Lipinski definition) is 3. The second-order valence-corrected chi connectivity index (χ2v) is 3.75. The van der Waals surface area contributed by atoms with Gasteiger partial charge in [-0.15, -0.1) is 0 Å². The number of phenolic OH excluding ortho intramolecular Hbond substituents is 1. The molecule has 3 N–H and O–H groups in total. The molecule has 1 aromatic rings. The van der Waals surface area contributed by atoms with E-state index in [9.17, 15) is 4.79 Å². The number of benzene rings is 1. The Labute approximate surface area is 88.3 Å². The van der Waals surface area contributed by atoms with Gasteiger partial charge in [0.25, 0.3) is 0 Å². The van der Waals surface area contributed by atoms with E-state index in [0.29, 0.717) is 18.3 Å². The van der Waals surface area contributed by atoms with Crippen LogP contribution in [0.5, 0.6) is 5.75 Å². The summed E-state index contributed by atoms with van der Waals surface area (Å²) in [5.41, 5.74) is 0.704. The van der Waals surface area contributed by atoms with E-state index in [2.05, 4.69) is 10.6 Å². The van der Waals surface area contributed by atoms with Crippen molar-refractivity contribution < 1.29 is 9.90 Å². The number of hydrogen-bond acceptors (Lipinski definition) is 3. The highest BCUT2D eigenvalue weighted by Crippen LogP contribution is 2.18. The second-order valence-electron chi connectivity index (χ2n) is 3.75. The van der Waals surface area contributed by atoms with Gasteiger partial charge < -0.3 is 15.7 Å². The number of carbonyl (C=O) groups is 1. The Hall–Kier alpha value is -1.55. The van der Waals surface area contributed by atoms with Crippen LogP contribution in [0.3, 0.4) is 0 Å². The van der Waals surface area contributed by atoms with Crippen LogP contribution in [-0.4, -0.2) is 23.6 Å². The predicted octanol–water partition coefficient (Wildman–Crippen LogP) is 1.08. The van der Waals surface area contributed by atoms with E-state index < -0.39 is 0 Å². The number of anilines is 1. The number of nitrogens with one attached hydrogen (secondary N) is 2. The monoisotopic (exact) mass is 206 g/mol. The molecular weight excluding hydrogens is 192 g/mol. The molecule has 1 aliphatic carbocycles. The first kappa shape index (κ1) is 9.98. The highest BCUT2D eigenvalue weighted by molar-refractivity contribution is 5.92. The maximum atomic E-state index is 11.4. The lowest BCUT2D eigenvalue weighted by Crippen LogP contribution is -2.29. The second kappa shape index (κ2) is 4.31. The fourth-order valence-corrected chi connectivity index (χ4v) is 1.27. The van der Waals surface area contributed by atoms with Crippen molar-refractivity contribution in [2.45, 2.75) is 18.9 Å². The number of phenols is 1. The van der Waals surface area contributed by atoms with E-state index in [1.807, 2.05) is 0 Å². The Morgan fingerprint density at radius 3 is 2.60 bits per heavy atom. The van der Waals surface area contributed by atoms with Gasteiger partial charge in [0.05, 0.1) is 6.54 Å².